The van der Waals surface area contributed by atoms with E-state index in [-0.39, 0.29) is 17.2 Å². The number of hydrogen-bond donors (Lipinski definition) is 2. The van der Waals surface area contributed by atoms with Crippen LogP contribution in [0.4, 0.5) is 14.5 Å². The highest BCUT2D eigenvalue weighted by Gasteiger charge is 2.44. The lowest BCUT2D eigenvalue weighted by Gasteiger charge is -2.37. The number of rotatable bonds is 5. The third-order valence-corrected chi connectivity index (χ3v) is 8.27. The van der Waals surface area contributed by atoms with E-state index in [1.807, 2.05) is 12.1 Å². The lowest BCUT2D eigenvalue weighted by molar-refractivity contribution is -0.127. The zero-order valence-corrected chi connectivity index (χ0v) is 21.0. The second kappa shape index (κ2) is 10.5. The molecule has 0 aromatic heterocycles. The highest BCUT2D eigenvalue weighted by molar-refractivity contribution is 6.30. The molecule has 0 saturated carbocycles. The van der Waals surface area contributed by atoms with Crippen LogP contribution in [0.5, 0.6) is 0 Å². The van der Waals surface area contributed by atoms with Crippen LogP contribution >= 0.6 is 11.6 Å². The van der Waals surface area contributed by atoms with Crippen LogP contribution in [0.1, 0.15) is 36.8 Å². The Balaban J connectivity index is 1.18. The van der Waals surface area contributed by atoms with Crippen molar-refractivity contribution in [3.63, 3.8) is 0 Å². The van der Waals surface area contributed by atoms with Crippen molar-refractivity contribution in [3.05, 3.63) is 70.3 Å². The number of piperidine rings is 2. The molecule has 1 atom stereocenters. The zero-order valence-electron chi connectivity index (χ0n) is 20.2. The molecule has 1 spiro atoms. The second-order valence-corrected chi connectivity index (χ2v) is 10.8. The number of nitrogens with zero attached hydrogens (tertiary/aromatic N) is 2. The molecular weight excluding hydrogens is 484 g/mol. The fourth-order valence-corrected chi connectivity index (χ4v) is 6.24. The molecule has 1 amide bonds. The molecular formula is C28H32ClF2N3O2. The molecule has 0 unspecified atom stereocenters. The normalized spacial score (nSPS) is 20.8. The number of nitrogens with one attached hydrogen (secondary N) is 1. The van der Waals surface area contributed by atoms with E-state index in [9.17, 15) is 18.7 Å². The van der Waals surface area contributed by atoms with Crippen LogP contribution in [0, 0.1) is 17.6 Å². The van der Waals surface area contributed by atoms with Crippen molar-refractivity contribution in [3.8, 4) is 0 Å². The minimum Gasteiger partial charge on any atom is -0.391 e. The number of halogens is 3. The van der Waals surface area contributed by atoms with E-state index >= 15 is 0 Å². The summed E-state index contributed by atoms with van der Waals surface area (Å²) in [6.45, 7) is 4.51. The van der Waals surface area contributed by atoms with Gasteiger partial charge in [-0.3, -0.25) is 4.79 Å². The van der Waals surface area contributed by atoms with E-state index in [2.05, 4.69) is 16.3 Å². The first-order chi connectivity index (χ1) is 17.3. The number of aliphatic hydroxyl groups excluding tert-OH is 1. The van der Waals surface area contributed by atoms with E-state index in [1.165, 1.54) is 29.8 Å². The number of likely N-dealkylation sites (tertiary alicyclic amines) is 1. The molecule has 2 saturated heterocycles. The molecule has 5 rings (SSSR count). The molecule has 192 valence electrons. The average molecular weight is 516 g/mol. The summed E-state index contributed by atoms with van der Waals surface area (Å²) in [6.07, 6.45) is 5.85. The third kappa shape index (κ3) is 5.29. The summed E-state index contributed by atoms with van der Waals surface area (Å²) >= 11 is 6.35. The van der Waals surface area contributed by atoms with Gasteiger partial charge in [0.05, 0.1) is 6.10 Å². The van der Waals surface area contributed by atoms with Gasteiger partial charge < -0.3 is 20.2 Å². The molecule has 2 aromatic carbocycles. The maximum absolute atomic E-state index is 13.4. The van der Waals surface area contributed by atoms with Crippen LogP contribution in [0.15, 0.2) is 42.5 Å². The van der Waals surface area contributed by atoms with Crippen molar-refractivity contribution in [2.45, 2.75) is 37.2 Å². The largest absolute Gasteiger partial charge is 0.391 e. The first kappa shape index (κ1) is 25.2. The summed E-state index contributed by atoms with van der Waals surface area (Å²) in [7, 11) is 0. The fourth-order valence-electron chi connectivity index (χ4n) is 6.07. The van der Waals surface area contributed by atoms with Crippen molar-refractivity contribution in [1.82, 2.24) is 10.2 Å². The Kier molecular flexibility index (Phi) is 7.33. The Morgan fingerprint density at radius 3 is 2.53 bits per heavy atom. The monoisotopic (exact) mass is 515 g/mol. The number of fused-ring (bicyclic) bond motifs is 2. The Morgan fingerprint density at radius 2 is 1.83 bits per heavy atom. The summed E-state index contributed by atoms with van der Waals surface area (Å²) in [5, 5.41) is 15.3. The SMILES string of the molecule is O=C(/C=C/c1cc(F)cc(F)c1)N1CCC([C@H](O)CN2CC3(CCNCC3)c3ccc(Cl)cc32)CC1. The van der Waals surface area contributed by atoms with Gasteiger partial charge in [0.1, 0.15) is 11.6 Å². The van der Waals surface area contributed by atoms with Crippen molar-refractivity contribution in [2.75, 3.05) is 44.2 Å². The number of β-amino-alcohol motifs (C(OH)–C–C–N with tert-alkyl or cyclic N) is 1. The van der Waals surface area contributed by atoms with Crippen LogP contribution in [0.3, 0.4) is 0 Å². The number of aliphatic hydroxyl groups is 1. The van der Waals surface area contributed by atoms with Crippen molar-refractivity contribution in [1.29, 1.82) is 0 Å². The number of hydrogen-bond acceptors (Lipinski definition) is 4. The molecule has 2 fully saturated rings. The zero-order chi connectivity index (χ0) is 25.3. The van der Waals surface area contributed by atoms with Gasteiger partial charge in [0.25, 0.3) is 0 Å². The third-order valence-electron chi connectivity index (χ3n) is 8.03. The van der Waals surface area contributed by atoms with Crippen molar-refractivity contribution >= 4 is 29.3 Å². The molecule has 36 heavy (non-hydrogen) atoms. The minimum absolute atomic E-state index is 0.0996. The Morgan fingerprint density at radius 1 is 1.14 bits per heavy atom. The predicted molar refractivity (Wildman–Crippen MR) is 138 cm³/mol. The number of anilines is 1. The summed E-state index contributed by atoms with van der Waals surface area (Å²) in [5.74, 6) is -1.44. The lowest BCUT2D eigenvalue weighted by Crippen LogP contribution is -2.46. The second-order valence-electron chi connectivity index (χ2n) is 10.3. The highest BCUT2D eigenvalue weighted by Crippen LogP contribution is 2.47. The maximum atomic E-state index is 13.4. The molecule has 2 aromatic rings. The van der Waals surface area contributed by atoms with Gasteiger partial charge in [0, 0.05) is 54.4 Å². The Labute approximate surface area is 215 Å². The smallest absolute Gasteiger partial charge is 0.246 e. The summed E-state index contributed by atoms with van der Waals surface area (Å²) in [5.41, 5.74) is 2.89. The predicted octanol–water partition coefficient (Wildman–Crippen LogP) is 4.37. The molecule has 0 aliphatic carbocycles. The molecule has 5 nitrogen and oxygen atoms in total. The van der Waals surface area contributed by atoms with Crippen molar-refractivity contribution in [2.24, 2.45) is 5.92 Å². The van der Waals surface area contributed by atoms with E-state index in [1.54, 1.807) is 4.90 Å². The standard InChI is InChI=1S/C28H32ClF2N3O2/c29-21-2-3-24-25(15-21)34(18-28(24)7-9-32-10-8-28)17-26(35)20-5-11-33(12-6-20)27(36)4-1-19-13-22(30)16-23(31)14-19/h1-4,13-16,20,26,32,35H,5-12,17-18H2/b4-1+/t26-/m1/s1. The Hall–Kier alpha value is -2.48. The van der Waals surface area contributed by atoms with Gasteiger partial charge in [-0.15, -0.1) is 0 Å². The van der Waals surface area contributed by atoms with Gasteiger partial charge in [-0.1, -0.05) is 17.7 Å². The molecule has 3 aliphatic rings. The molecule has 3 heterocycles. The quantitative estimate of drug-likeness (QED) is 0.581. The van der Waals surface area contributed by atoms with E-state index in [0.717, 1.165) is 44.2 Å². The van der Waals surface area contributed by atoms with Crippen LogP contribution in [-0.4, -0.2) is 61.3 Å². The lowest BCUT2D eigenvalue weighted by atomic mass is 9.75. The first-order valence-electron chi connectivity index (χ1n) is 12.7. The number of benzene rings is 2. The summed E-state index contributed by atoms with van der Waals surface area (Å²) in [6, 6.07) is 9.33. The first-order valence-corrected chi connectivity index (χ1v) is 13.1. The van der Waals surface area contributed by atoms with Crippen LogP contribution in [0.25, 0.3) is 6.08 Å². The van der Waals surface area contributed by atoms with Crippen LogP contribution in [-0.2, 0) is 10.2 Å². The van der Waals surface area contributed by atoms with Gasteiger partial charge >= 0.3 is 0 Å². The Bertz CT molecular complexity index is 1120. The maximum Gasteiger partial charge on any atom is 0.246 e. The fraction of sp³-hybridized carbons (Fsp3) is 0.464. The summed E-state index contributed by atoms with van der Waals surface area (Å²) in [4.78, 5) is 16.6. The molecule has 0 radical (unpaired) electrons. The van der Waals surface area contributed by atoms with Crippen molar-refractivity contribution < 1.29 is 18.7 Å². The number of carbonyl (C=O) groups is 1. The highest BCUT2D eigenvalue weighted by atomic mass is 35.5. The van der Waals surface area contributed by atoms with Crippen LogP contribution in [0.2, 0.25) is 5.02 Å². The van der Waals surface area contributed by atoms with Crippen LogP contribution < -0.4 is 10.2 Å². The van der Waals surface area contributed by atoms with Gasteiger partial charge in [0.15, 0.2) is 0 Å². The van der Waals surface area contributed by atoms with Gasteiger partial charge in [-0.25, -0.2) is 8.78 Å². The summed E-state index contributed by atoms with van der Waals surface area (Å²) < 4.78 is 26.7. The van der Waals surface area contributed by atoms with E-state index < -0.39 is 17.7 Å². The number of amides is 1. The van der Waals surface area contributed by atoms with Gasteiger partial charge in [-0.2, -0.15) is 0 Å². The number of carbonyl (C=O) groups excluding carboxylic acids is 1. The molecule has 3 aliphatic heterocycles. The molecule has 8 heteroatoms. The van der Waals surface area contributed by atoms with Gasteiger partial charge in [-0.05, 0) is 86.2 Å². The topological polar surface area (TPSA) is 55.8 Å². The molecule has 2 N–H and O–H groups in total. The minimum atomic E-state index is -0.675. The van der Waals surface area contributed by atoms with E-state index in [4.69, 9.17) is 11.6 Å². The average Bonchev–Trinajstić information content (AvgIpc) is 3.13. The molecule has 0 bridgehead atoms. The van der Waals surface area contributed by atoms with Gasteiger partial charge in [0.2, 0.25) is 5.91 Å². The van der Waals surface area contributed by atoms with E-state index in [0.29, 0.717) is 43.1 Å².